The monoisotopic (exact) mass is 276 g/mol. The van der Waals surface area contributed by atoms with Crippen LogP contribution in [0.4, 0.5) is 4.39 Å². The molecule has 1 aromatic rings. The van der Waals surface area contributed by atoms with Gasteiger partial charge in [-0.05, 0) is 17.7 Å². The van der Waals surface area contributed by atoms with E-state index in [1.165, 1.54) is 12.1 Å². The topological polar surface area (TPSA) is 64.4 Å². The first-order chi connectivity index (χ1) is 7.09. The van der Waals surface area contributed by atoms with E-state index in [0.717, 1.165) is 5.56 Å². The lowest BCUT2D eigenvalue weighted by Crippen LogP contribution is -2.24. The van der Waals surface area contributed by atoms with Crippen molar-refractivity contribution < 1.29 is 14.0 Å². The van der Waals surface area contributed by atoms with Crippen LogP contribution in [0.2, 0.25) is 0 Å². The summed E-state index contributed by atoms with van der Waals surface area (Å²) in [6.45, 7) is 0.160. The number of carbonyl (C=O) groups excluding carboxylic acids is 1. The summed E-state index contributed by atoms with van der Waals surface area (Å²) < 4.78 is 13.3. The second-order valence-electron chi connectivity index (χ2n) is 2.81. The Kier molecular flexibility index (Phi) is 4.67. The molecular weight excluding hydrogens is 267 g/mol. The van der Waals surface area contributed by atoms with Crippen LogP contribution in [0, 0.1) is 5.82 Å². The molecule has 4 nitrogen and oxygen atoms in total. The predicted molar refractivity (Wildman–Crippen MR) is 56.1 cm³/mol. The van der Waals surface area contributed by atoms with Crippen molar-refractivity contribution in [2.24, 2.45) is 5.73 Å². The molecule has 0 radical (unpaired) electrons. The summed E-state index contributed by atoms with van der Waals surface area (Å²) in [5.41, 5.74) is 8.22. The average Bonchev–Trinajstić information content (AvgIpc) is 2.14. The molecule has 0 heterocycles. The fourth-order valence-corrected chi connectivity index (χ4v) is 1.41. The molecule has 0 aliphatic rings. The third-order valence-corrected chi connectivity index (χ3v) is 2.33. The maximum absolute atomic E-state index is 12.7. The number of rotatable bonds is 5. The quantitative estimate of drug-likeness (QED) is 0.625. The first kappa shape index (κ1) is 12.1. The molecule has 1 aromatic carbocycles. The highest BCUT2D eigenvalue weighted by Gasteiger charge is 2.01. The molecule has 0 aliphatic heterocycles. The van der Waals surface area contributed by atoms with E-state index in [1.807, 2.05) is 0 Å². The Morgan fingerprint density at radius 3 is 2.93 bits per heavy atom. The summed E-state index contributed by atoms with van der Waals surface area (Å²) in [4.78, 5) is 15.1. The lowest BCUT2D eigenvalue weighted by molar-refractivity contribution is -0.125. The van der Waals surface area contributed by atoms with Crippen molar-refractivity contribution in [3.05, 3.63) is 34.1 Å². The average molecular weight is 277 g/mol. The van der Waals surface area contributed by atoms with Crippen LogP contribution < -0.4 is 11.2 Å². The second-order valence-corrected chi connectivity index (χ2v) is 3.67. The summed E-state index contributed by atoms with van der Waals surface area (Å²) in [6, 6.07) is 4.31. The maximum atomic E-state index is 12.7. The van der Waals surface area contributed by atoms with Gasteiger partial charge in [-0.3, -0.25) is 9.63 Å². The molecule has 0 atom stereocenters. The van der Waals surface area contributed by atoms with Crippen molar-refractivity contribution in [1.82, 2.24) is 5.48 Å². The van der Waals surface area contributed by atoms with Gasteiger partial charge < -0.3 is 5.73 Å². The van der Waals surface area contributed by atoms with Gasteiger partial charge in [0, 0.05) is 11.0 Å². The van der Waals surface area contributed by atoms with Crippen molar-refractivity contribution in [2.75, 3.05) is 6.61 Å². The molecule has 0 aromatic heterocycles. The van der Waals surface area contributed by atoms with Gasteiger partial charge in [-0.1, -0.05) is 22.0 Å². The Morgan fingerprint density at radius 2 is 2.33 bits per heavy atom. The maximum Gasteiger partial charge on any atom is 0.245 e. The highest BCUT2D eigenvalue weighted by atomic mass is 79.9. The predicted octanol–water partition coefficient (Wildman–Crippen LogP) is 1.09. The molecule has 0 saturated carbocycles. The van der Waals surface area contributed by atoms with E-state index in [1.54, 1.807) is 6.07 Å². The summed E-state index contributed by atoms with van der Waals surface area (Å²) in [6.07, 6.45) is 0. The van der Waals surface area contributed by atoms with Crippen molar-refractivity contribution in [3.8, 4) is 0 Å². The molecule has 0 saturated heterocycles. The molecule has 82 valence electrons. The number of carbonyl (C=O) groups is 1. The fourth-order valence-electron chi connectivity index (χ4n) is 0.916. The first-order valence-corrected chi connectivity index (χ1v) is 4.96. The number of benzene rings is 1. The van der Waals surface area contributed by atoms with Crippen LogP contribution in [0.1, 0.15) is 5.56 Å². The van der Waals surface area contributed by atoms with Crippen LogP contribution in [0.25, 0.3) is 0 Å². The molecule has 15 heavy (non-hydrogen) atoms. The Balaban J connectivity index is 2.40. The second kappa shape index (κ2) is 5.79. The smallest absolute Gasteiger partial charge is 0.245 e. The van der Waals surface area contributed by atoms with E-state index in [0.29, 0.717) is 11.0 Å². The number of nitrogens with two attached hydrogens (primary N) is 1. The number of hydrogen-bond acceptors (Lipinski definition) is 3. The Morgan fingerprint density at radius 1 is 1.60 bits per heavy atom. The van der Waals surface area contributed by atoms with Crippen LogP contribution in [0.15, 0.2) is 22.7 Å². The zero-order valence-electron chi connectivity index (χ0n) is 7.80. The van der Waals surface area contributed by atoms with Crippen molar-refractivity contribution >= 4 is 21.8 Å². The normalized spacial score (nSPS) is 10.3. The minimum absolute atomic E-state index is 0.196. The van der Waals surface area contributed by atoms with Gasteiger partial charge in [-0.15, -0.1) is 0 Å². The van der Waals surface area contributed by atoms with Gasteiger partial charge in [-0.2, -0.15) is 5.48 Å². The molecule has 0 spiro atoms. The number of nitrogens with one attached hydrogen (secondary N) is 1. The van der Waals surface area contributed by atoms with E-state index in [4.69, 9.17) is 10.6 Å². The zero-order chi connectivity index (χ0) is 11.3. The van der Waals surface area contributed by atoms with E-state index in [-0.39, 0.29) is 12.4 Å². The van der Waals surface area contributed by atoms with Crippen molar-refractivity contribution in [2.45, 2.75) is 6.54 Å². The lowest BCUT2D eigenvalue weighted by atomic mass is 10.2. The molecule has 0 fully saturated rings. The van der Waals surface area contributed by atoms with Crippen LogP contribution in [-0.4, -0.2) is 12.5 Å². The minimum Gasteiger partial charge on any atom is -0.368 e. The van der Waals surface area contributed by atoms with Crippen LogP contribution in [0.5, 0.6) is 0 Å². The van der Waals surface area contributed by atoms with Gasteiger partial charge >= 0.3 is 0 Å². The minimum atomic E-state index is -0.555. The van der Waals surface area contributed by atoms with Crippen LogP contribution in [-0.2, 0) is 16.2 Å². The highest BCUT2D eigenvalue weighted by Crippen LogP contribution is 2.17. The van der Waals surface area contributed by atoms with Crippen molar-refractivity contribution in [1.29, 1.82) is 0 Å². The largest absolute Gasteiger partial charge is 0.368 e. The van der Waals surface area contributed by atoms with Gasteiger partial charge in [0.05, 0.1) is 0 Å². The lowest BCUT2D eigenvalue weighted by Gasteiger charge is -2.06. The fraction of sp³-hybridized carbons (Fsp3) is 0.222. The van der Waals surface area contributed by atoms with Gasteiger partial charge in [-0.25, -0.2) is 4.39 Å². The van der Waals surface area contributed by atoms with E-state index in [9.17, 15) is 9.18 Å². The molecule has 3 N–H and O–H groups in total. The highest BCUT2D eigenvalue weighted by molar-refractivity contribution is 9.10. The molecule has 0 bridgehead atoms. The summed E-state index contributed by atoms with van der Waals surface area (Å²) in [5, 5.41) is 0. The van der Waals surface area contributed by atoms with Gasteiger partial charge in [0.15, 0.2) is 0 Å². The zero-order valence-corrected chi connectivity index (χ0v) is 9.38. The standard InChI is InChI=1S/C9H10BrFN2O2/c10-8-3-7(11)2-1-6(8)4-13-15-5-9(12)14/h1-3,13H,4-5H2,(H2,12,14). The summed E-state index contributed by atoms with van der Waals surface area (Å²) >= 11 is 3.20. The van der Waals surface area contributed by atoms with Crippen LogP contribution >= 0.6 is 15.9 Å². The number of primary amides is 1. The number of amides is 1. The molecule has 0 unspecified atom stereocenters. The third kappa shape index (κ3) is 4.37. The van der Waals surface area contributed by atoms with E-state index >= 15 is 0 Å². The van der Waals surface area contributed by atoms with Crippen LogP contribution in [0.3, 0.4) is 0 Å². The van der Waals surface area contributed by atoms with E-state index in [2.05, 4.69) is 21.4 Å². The third-order valence-electron chi connectivity index (χ3n) is 1.59. The van der Waals surface area contributed by atoms with Gasteiger partial charge in [0.2, 0.25) is 5.91 Å². The van der Waals surface area contributed by atoms with E-state index < -0.39 is 5.91 Å². The number of hydrogen-bond donors (Lipinski definition) is 2. The van der Waals surface area contributed by atoms with Gasteiger partial charge in [0.25, 0.3) is 0 Å². The summed E-state index contributed by atoms with van der Waals surface area (Å²) in [5.74, 6) is -0.871. The molecular formula is C9H10BrFN2O2. The Hall–Kier alpha value is -0.980. The van der Waals surface area contributed by atoms with Gasteiger partial charge in [0.1, 0.15) is 12.4 Å². The Bertz CT molecular complexity index is 360. The molecule has 1 amide bonds. The molecule has 6 heteroatoms. The SMILES string of the molecule is NC(=O)CONCc1ccc(F)cc1Br. The molecule has 1 rings (SSSR count). The summed E-state index contributed by atoms with van der Waals surface area (Å²) in [7, 11) is 0. The molecule has 0 aliphatic carbocycles. The first-order valence-electron chi connectivity index (χ1n) is 4.16. The number of halogens is 2. The van der Waals surface area contributed by atoms with Crippen molar-refractivity contribution in [3.63, 3.8) is 0 Å². The Labute approximate surface area is 94.7 Å². The number of hydroxylamine groups is 1.